The van der Waals surface area contributed by atoms with Gasteiger partial charge in [0.05, 0.1) is 0 Å². The molecule has 3 rings (SSSR count). The molecule has 1 aromatic heterocycles. The van der Waals surface area contributed by atoms with E-state index in [9.17, 15) is 9.50 Å². The number of aliphatic hydroxyl groups is 1. The summed E-state index contributed by atoms with van der Waals surface area (Å²) >= 11 is 0. The maximum atomic E-state index is 13.2. The summed E-state index contributed by atoms with van der Waals surface area (Å²) in [5.41, 5.74) is -0.248. The normalized spacial score (nSPS) is 28.5. The smallest absolute Gasteiger partial charge is 0.136 e. The molecule has 19 heavy (non-hydrogen) atoms. The van der Waals surface area contributed by atoms with Gasteiger partial charge in [-0.05, 0) is 55.9 Å². The van der Waals surface area contributed by atoms with Crippen LogP contribution in [-0.4, -0.2) is 5.11 Å². The summed E-state index contributed by atoms with van der Waals surface area (Å²) in [4.78, 5) is 0. The van der Waals surface area contributed by atoms with Gasteiger partial charge in [0.1, 0.15) is 22.8 Å². The van der Waals surface area contributed by atoms with Crippen LogP contribution in [0, 0.1) is 11.7 Å². The van der Waals surface area contributed by atoms with Gasteiger partial charge >= 0.3 is 0 Å². The highest BCUT2D eigenvalue weighted by atomic mass is 19.1. The highest BCUT2D eigenvalue weighted by Gasteiger charge is 2.34. The van der Waals surface area contributed by atoms with Crippen molar-refractivity contribution in [1.29, 1.82) is 0 Å². The van der Waals surface area contributed by atoms with Crippen molar-refractivity contribution in [2.75, 3.05) is 0 Å². The van der Waals surface area contributed by atoms with Crippen LogP contribution in [-0.2, 0) is 5.60 Å². The van der Waals surface area contributed by atoms with Crippen molar-refractivity contribution >= 4 is 11.0 Å². The predicted octanol–water partition coefficient (Wildman–Crippen LogP) is 4.36. The first-order valence-electron chi connectivity index (χ1n) is 6.99. The minimum Gasteiger partial charge on any atom is -0.458 e. The Kier molecular flexibility index (Phi) is 3.09. The summed E-state index contributed by atoms with van der Waals surface area (Å²) in [5.74, 6) is 0.958. The average Bonchev–Trinajstić information content (AvgIpc) is 2.72. The van der Waals surface area contributed by atoms with Crippen molar-refractivity contribution in [3.05, 3.63) is 35.8 Å². The Morgan fingerprint density at radius 2 is 2.11 bits per heavy atom. The minimum absolute atomic E-state index is 0.277. The Hall–Kier alpha value is -1.35. The summed E-state index contributed by atoms with van der Waals surface area (Å²) in [6.07, 6.45) is 4.60. The lowest BCUT2D eigenvalue weighted by molar-refractivity contribution is 0.000350. The summed E-state index contributed by atoms with van der Waals surface area (Å²) in [5, 5.41) is 11.5. The van der Waals surface area contributed by atoms with Crippen molar-refractivity contribution in [1.82, 2.24) is 0 Å². The third-order valence-electron chi connectivity index (χ3n) is 4.27. The third kappa shape index (κ3) is 2.39. The second kappa shape index (κ2) is 4.64. The molecule has 0 saturated heterocycles. The van der Waals surface area contributed by atoms with E-state index in [0.29, 0.717) is 17.3 Å². The SMILES string of the molecule is CC1CCCC(O)(c2cc3cc(F)ccc3o2)CC1. The zero-order valence-electron chi connectivity index (χ0n) is 11.2. The monoisotopic (exact) mass is 262 g/mol. The highest BCUT2D eigenvalue weighted by molar-refractivity contribution is 5.78. The predicted molar refractivity (Wildman–Crippen MR) is 72.3 cm³/mol. The van der Waals surface area contributed by atoms with Crippen LogP contribution in [0.5, 0.6) is 0 Å². The van der Waals surface area contributed by atoms with Crippen LogP contribution in [0.1, 0.15) is 44.8 Å². The minimum atomic E-state index is -0.889. The molecule has 0 radical (unpaired) electrons. The summed E-state index contributed by atoms with van der Waals surface area (Å²) < 4.78 is 18.9. The van der Waals surface area contributed by atoms with Crippen LogP contribution in [0.15, 0.2) is 28.7 Å². The van der Waals surface area contributed by atoms with Gasteiger partial charge in [0.25, 0.3) is 0 Å². The molecular weight excluding hydrogens is 243 g/mol. The fraction of sp³-hybridized carbons (Fsp3) is 0.500. The lowest BCUT2D eigenvalue weighted by atomic mass is 9.91. The largest absolute Gasteiger partial charge is 0.458 e. The van der Waals surface area contributed by atoms with E-state index in [-0.39, 0.29) is 5.82 Å². The molecule has 0 bridgehead atoms. The van der Waals surface area contributed by atoms with E-state index in [2.05, 4.69) is 6.92 Å². The second-order valence-electron chi connectivity index (χ2n) is 5.86. The quantitative estimate of drug-likeness (QED) is 0.775. The van der Waals surface area contributed by atoms with E-state index in [0.717, 1.165) is 37.5 Å². The Morgan fingerprint density at radius 1 is 1.26 bits per heavy atom. The van der Waals surface area contributed by atoms with Crippen LogP contribution in [0.25, 0.3) is 11.0 Å². The summed E-state index contributed by atoms with van der Waals surface area (Å²) in [6, 6.07) is 6.24. The van der Waals surface area contributed by atoms with Crippen LogP contribution in [0.3, 0.4) is 0 Å². The van der Waals surface area contributed by atoms with Crippen molar-refractivity contribution in [3.8, 4) is 0 Å². The molecule has 3 heteroatoms. The molecule has 1 N–H and O–H groups in total. The first-order valence-corrected chi connectivity index (χ1v) is 6.99. The van der Waals surface area contributed by atoms with Crippen LogP contribution in [0.4, 0.5) is 4.39 Å². The number of furan rings is 1. The third-order valence-corrected chi connectivity index (χ3v) is 4.27. The van der Waals surface area contributed by atoms with E-state index >= 15 is 0 Å². The first-order chi connectivity index (χ1) is 9.07. The second-order valence-corrected chi connectivity index (χ2v) is 5.86. The molecule has 2 unspecified atom stereocenters. The van der Waals surface area contributed by atoms with Crippen molar-refractivity contribution < 1.29 is 13.9 Å². The molecule has 1 aliphatic carbocycles. The number of fused-ring (bicyclic) bond motifs is 1. The van der Waals surface area contributed by atoms with Gasteiger partial charge < -0.3 is 9.52 Å². The number of halogens is 1. The van der Waals surface area contributed by atoms with Crippen molar-refractivity contribution in [3.63, 3.8) is 0 Å². The standard InChI is InChI=1S/C16H19FO2/c1-11-3-2-7-16(18,8-6-11)15-10-12-9-13(17)4-5-14(12)19-15/h4-5,9-11,18H,2-3,6-8H2,1H3. The van der Waals surface area contributed by atoms with Gasteiger partial charge in [-0.3, -0.25) is 0 Å². The Balaban J connectivity index is 1.98. The van der Waals surface area contributed by atoms with E-state index in [1.807, 2.05) is 0 Å². The van der Waals surface area contributed by atoms with Gasteiger partial charge in [-0.2, -0.15) is 0 Å². The molecule has 1 saturated carbocycles. The van der Waals surface area contributed by atoms with Gasteiger partial charge in [0.2, 0.25) is 0 Å². The fourth-order valence-electron chi connectivity index (χ4n) is 2.99. The van der Waals surface area contributed by atoms with Gasteiger partial charge in [0.15, 0.2) is 0 Å². The number of hydrogen-bond acceptors (Lipinski definition) is 2. The summed E-state index contributed by atoms with van der Waals surface area (Å²) in [7, 11) is 0. The molecule has 1 aromatic carbocycles. The van der Waals surface area contributed by atoms with E-state index in [4.69, 9.17) is 4.42 Å². The highest BCUT2D eigenvalue weighted by Crippen LogP contribution is 2.39. The molecule has 0 amide bonds. The van der Waals surface area contributed by atoms with Gasteiger partial charge in [0, 0.05) is 5.39 Å². The maximum Gasteiger partial charge on any atom is 0.136 e. The van der Waals surface area contributed by atoms with Crippen molar-refractivity contribution in [2.24, 2.45) is 5.92 Å². The first kappa shape index (κ1) is 12.7. The average molecular weight is 262 g/mol. The van der Waals surface area contributed by atoms with Crippen LogP contribution >= 0.6 is 0 Å². The van der Waals surface area contributed by atoms with E-state index < -0.39 is 5.60 Å². The molecule has 1 fully saturated rings. The number of benzene rings is 1. The molecule has 102 valence electrons. The molecule has 2 nitrogen and oxygen atoms in total. The molecule has 0 aliphatic heterocycles. The topological polar surface area (TPSA) is 33.4 Å². The van der Waals surface area contributed by atoms with Gasteiger partial charge in [-0.25, -0.2) is 4.39 Å². The van der Waals surface area contributed by atoms with Gasteiger partial charge in [-0.1, -0.05) is 13.3 Å². The zero-order chi connectivity index (χ0) is 13.5. The fourth-order valence-corrected chi connectivity index (χ4v) is 2.99. The molecule has 2 atom stereocenters. The molecule has 1 aliphatic rings. The van der Waals surface area contributed by atoms with E-state index in [1.54, 1.807) is 12.1 Å². The van der Waals surface area contributed by atoms with Crippen LogP contribution in [0.2, 0.25) is 0 Å². The maximum absolute atomic E-state index is 13.2. The number of hydrogen-bond donors (Lipinski definition) is 1. The molecular formula is C16H19FO2. The van der Waals surface area contributed by atoms with Gasteiger partial charge in [-0.15, -0.1) is 0 Å². The zero-order valence-corrected chi connectivity index (χ0v) is 11.2. The Labute approximate surface area is 112 Å². The molecule has 0 spiro atoms. The van der Waals surface area contributed by atoms with Crippen molar-refractivity contribution in [2.45, 2.75) is 44.6 Å². The number of rotatable bonds is 1. The Morgan fingerprint density at radius 3 is 2.95 bits per heavy atom. The van der Waals surface area contributed by atoms with Crippen LogP contribution < -0.4 is 0 Å². The Bertz CT molecular complexity index is 589. The molecule has 2 aromatic rings. The lowest BCUT2D eigenvalue weighted by Gasteiger charge is -2.23. The lowest BCUT2D eigenvalue weighted by Crippen LogP contribution is -2.24. The molecule has 1 heterocycles. The van der Waals surface area contributed by atoms with E-state index in [1.165, 1.54) is 12.1 Å². The summed E-state index contributed by atoms with van der Waals surface area (Å²) in [6.45, 7) is 2.22.